The fraction of sp³-hybridized carbons (Fsp3) is 0.300. The molecule has 1 amide bonds. The van der Waals surface area contributed by atoms with Crippen LogP contribution in [0.2, 0.25) is 0 Å². The van der Waals surface area contributed by atoms with Gasteiger partial charge in [0, 0.05) is 25.3 Å². The maximum Gasteiger partial charge on any atom is 0.335 e. The van der Waals surface area contributed by atoms with Crippen LogP contribution in [0.15, 0.2) is 54.6 Å². The SMILES string of the molecule is O=C(O)c1ccc(CN2CC3OCC(=O)N(c4ccccc4)C3C2)cc1. The van der Waals surface area contributed by atoms with Gasteiger partial charge in [-0.15, -0.1) is 0 Å². The second kappa shape index (κ2) is 6.90. The highest BCUT2D eigenvalue weighted by Gasteiger charge is 2.43. The van der Waals surface area contributed by atoms with Gasteiger partial charge in [-0.3, -0.25) is 9.69 Å². The van der Waals surface area contributed by atoms with E-state index in [2.05, 4.69) is 4.90 Å². The average Bonchev–Trinajstić information content (AvgIpc) is 3.05. The number of carboxylic acids is 1. The van der Waals surface area contributed by atoms with Crippen LogP contribution in [0.3, 0.4) is 0 Å². The van der Waals surface area contributed by atoms with Crippen LogP contribution >= 0.6 is 0 Å². The first-order valence-corrected chi connectivity index (χ1v) is 8.65. The molecule has 2 aliphatic rings. The minimum Gasteiger partial charge on any atom is -0.478 e. The molecule has 6 heteroatoms. The molecule has 2 saturated heterocycles. The van der Waals surface area contributed by atoms with Gasteiger partial charge in [-0.1, -0.05) is 30.3 Å². The number of carbonyl (C=O) groups excluding carboxylic acids is 1. The smallest absolute Gasteiger partial charge is 0.335 e. The number of ether oxygens (including phenoxy) is 1. The highest BCUT2D eigenvalue weighted by Crippen LogP contribution is 2.29. The molecule has 1 N–H and O–H groups in total. The monoisotopic (exact) mass is 352 g/mol. The number of morpholine rings is 1. The van der Waals surface area contributed by atoms with Crippen molar-refractivity contribution in [3.8, 4) is 0 Å². The molecule has 0 radical (unpaired) electrons. The van der Waals surface area contributed by atoms with E-state index in [0.29, 0.717) is 6.54 Å². The normalized spacial score (nSPS) is 23.1. The Labute approximate surface area is 151 Å². The first-order valence-electron chi connectivity index (χ1n) is 8.65. The Balaban J connectivity index is 1.49. The predicted molar refractivity (Wildman–Crippen MR) is 96.1 cm³/mol. The lowest BCUT2D eigenvalue weighted by Gasteiger charge is -2.36. The zero-order chi connectivity index (χ0) is 18.1. The van der Waals surface area contributed by atoms with Crippen LogP contribution < -0.4 is 4.90 Å². The van der Waals surface area contributed by atoms with Crippen molar-refractivity contribution >= 4 is 17.6 Å². The number of amides is 1. The van der Waals surface area contributed by atoms with Crippen LogP contribution in [0.25, 0.3) is 0 Å². The number of nitrogens with zero attached hydrogens (tertiary/aromatic N) is 2. The highest BCUT2D eigenvalue weighted by molar-refractivity contribution is 5.95. The Morgan fingerprint density at radius 1 is 1.08 bits per heavy atom. The molecule has 0 spiro atoms. The van der Waals surface area contributed by atoms with Crippen molar-refractivity contribution < 1.29 is 19.4 Å². The number of fused-ring (bicyclic) bond motifs is 1. The van der Waals surface area contributed by atoms with Crippen LogP contribution in [0.1, 0.15) is 15.9 Å². The molecule has 4 rings (SSSR count). The van der Waals surface area contributed by atoms with Gasteiger partial charge >= 0.3 is 5.97 Å². The zero-order valence-corrected chi connectivity index (χ0v) is 14.2. The van der Waals surface area contributed by atoms with Crippen molar-refractivity contribution in [2.45, 2.75) is 18.7 Å². The van der Waals surface area contributed by atoms with Gasteiger partial charge in [-0.2, -0.15) is 0 Å². The molecule has 2 fully saturated rings. The van der Waals surface area contributed by atoms with Gasteiger partial charge in [0.1, 0.15) is 6.61 Å². The van der Waals surface area contributed by atoms with E-state index in [4.69, 9.17) is 9.84 Å². The van der Waals surface area contributed by atoms with Gasteiger partial charge < -0.3 is 14.7 Å². The molecular weight excluding hydrogens is 332 g/mol. The van der Waals surface area contributed by atoms with E-state index in [1.165, 1.54) is 0 Å². The third kappa shape index (κ3) is 3.21. The van der Waals surface area contributed by atoms with Gasteiger partial charge in [0.2, 0.25) is 0 Å². The Morgan fingerprint density at radius 2 is 1.81 bits per heavy atom. The third-order valence-corrected chi connectivity index (χ3v) is 4.98. The molecule has 0 aromatic heterocycles. The number of carbonyl (C=O) groups is 2. The fourth-order valence-corrected chi connectivity index (χ4v) is 3.74. The van der Waals surface area contributed by atoms with Gasteiger partial charge in [-0.25, -0.2) is 4.79 Å². The van der Waals surface area contributed by atoms with E-state index in [1.54, 1.807) is 12.1 Å². The predicted octanol–water partition coefficient (Wildman–Crippen LogP) is 2.00. The van der Waals surface area contributed by atoms with Crippen LogP contribution in [-0.4, -0.2) is 53.7 Å². The summed E-state index contributed by atoms with van der Waals surface area (Å²) in [6, 6.07) is 16.6. The van der Waals surface area contributed by atoms with Crippen molar-refractivity contribution in [2.24, 2.45) is 0 Å². The lowest BCUT2D eigenvalue weighted by atomic mass is 10.1. The quantitative estimate of drug-likeness (QED) is 0.911. The molecule has 0 aliphatic carbocycles. The van der Waals surface area contributed by atoms with Gasteiger partial charge in [0.15, 0.2) is 0 Å². The van der Waals surface area contributed by atoms with Crippen LogP contribution in [0.5, 0.6) is 0 Å². The van der Waals surface area contributed by atoms with Crippen molar-refractivity contribution in [3.05, 3.63) is 65.7 Å². The van der Waals surface area contributed by atoms with E-state index in [-0.39, 0.29) is 30.2 Å². The number of benzene rings is 2. The van der Waals surface area contributed by atoms with Gasteiger partial charge in [0.05, 0.1) is 17.7 Å². The number of hydrogen-bond donors (Lipinski definition) is 1. The van der Waals surface area contributed by atoms with E-state index < -0.39 is 5.97 Å². The van der Waals surface area contributed by atoms with Crippen molar-refractivity contribution in [3.63, 3.8) is 0 Å². The Morgan fingerprint density at radius 3 is 2.50 bits per heavy atom. The Bertz CT molecular complexity index is 806. The minimum atomic E-state index is -0.922. The van der Waals surface area contributed by atoms with E-state index >= 15 is 0 Å². The fourth-order valence-electron chi connectivity index (χ4n) is 3.74. The summed E-state index contributed by atoms with van der Waals surface area (Å²) in [5.41, 5.74) is 2.24. The summed E-state index contributed by atoms with van der Waals surface area (Å²) in [5, 5.41) is 9.00. The summed E-state index contributed by atoms with van der Waals surface area (Å²) in [7, 11) is 0. The first-order chi connectivity index (χ1) is 12.6. The number of para-hydroxylation sites is 1. The first kappa shape index (κ1) is 16.8. The van der Waals surface area contributed by atoms with E-state index in [0.717, 1.165) is 24.3 Å². The molecule has 2 aromatic rings. The van der Waals surface area contributed by atoms with Crippen LogP contribution in [0.4, 0.5) is 5.69 Å². The molecule has 2 atom stereocenters. The van der Waals surface area contributed by atoms with E-state index in [9.17, 15) is 9.59 Å². The summed E-state index contributed by atoms with van der Waals surface area (Å²) in [5.74, 6) is -0.931. The van der Waals surface area contributed by atoms with Crippen LogP contribution in [-0.2, 0) is 16.1 Å². The van der Waals surface area contributed by atoms with Gasteiger partial charge in [-0.05, 0) is 29.8 Å². The number of hydrogen-bond acceptors (Lipinski definition) is 4. The summed E-state index contributed by atoms with van der Waals surface area (Å²) < 4.78 is 5.77. The molecule has 134 valence electrons. The second-order valence-corrected chi connectivity index (χ2v) is 6.71. The zero-order valence-electron chi connectivity index (χ0n) is 14.2. The second-order valence-electron chi connectivity index (χ2n) is 6.71. The number of aromatic carboxylic acids is 1. The minimum absolute atomic E-state index is 0.00283. The van der Waals surface area contributed by atoms with Gasteiger partial charge in [0.25, 0.3) is 5.91 Å². The summed E-state index contributed by atoms with van der Waals surface area (Å²) in [6.45, 7) is 2.29. The highest BCUT2D eigenvalue weighted by atomic mass is 16.5. The Kier molecular flexibility index (Phi) is 4.44. The number of anilines is 1. The largest absolute Gasteiger partial charge is 0.478 e. The summed E-state index contributed by atoms with van der Waals surface area (Å²) in [4.78, 5) is 27.5. The molecule has 0 saturated carbocycles. The van der Waals surface area contributed by atoms with Crippen molar-refractivity contribution in [2.75, 3.05) is 24.6 Å². The molecule has 2 aliphatic heterocycles. The average molecular weight is 352 g/mol. The lowest BCUT2D eigenvalue weighted by Crippen LogP contribution is -2.54. The Hall–Kier alpha value is -2.70. The number of likely N-dealkylation sites (tertiary alicyclic amines) is 1. The molecular formula is C20H20N2O4. The molecule has 26 heavy (non-hydrogen) atoms. The number of carboxylic acid groups (broad SMARTS) is 1. The maximum absolute atomic E-state index is 12.4. The topological polar surface area (TPSA) is 70.1 Å². The molecule has 0 bridgehead atoms. The summed E-state index contributed by atoms with van der Waals surface area (Å²) in [6.07, 6.45) is -0.00815. The third-order valence-electron chi connectivity index (χ3n) is 4.98. The maximum atomic E-state index is 12.4. The summed E-state index contributed by atoms with van der Waals surface area (Å²) >= 11 is 0. The van der Waals surface area contributed by atoms with Crippen LogP contribution in [0, 0.1) is 0 Å². The van der Waals surface area contributed by atoms with Crippen molar-refractivity contribution in [1.29, 1.82) is 0 Å². The number of rotatable bonds is 4. The standard InChI is InChI=1S/C20H20N2O4/c23-19-13-26-18-12-21(10-14-6-8-15(9-7-14)20(24)25)11-17(18)22(19)16-4-2-1-3-5-16/h1-9,17-18H,10-13H2,(H,24,25). The van der Waals surface area contributed by atoms with E-state index in [1.807, 2.05) is 47.4 Å². The molecule has 6 nitrogen and oxygen atoms in total. The van der Waals surface area contributed by atoms with Crippen molar-refractivity contribution in [1.82, 2.24) is 4.90 Å². The molecule has 2 aromatic carbocycles. The molecule has 2 unspecified atom stereocenters. The lowest BCUT2D eigenvalue weighted by molar-refractivity contribution is -0.130. The molecule has 2 heterocycles.